The van der Waals surface area contributed by atoms with Gasteiger partial charge in [-0.2, -0.15) is 0 Å². The molecule has 0 fully saturated rings. The maximum atomic E-state index is 12.2. The van der Waals surface area contributed by atoms with Crippen LogP contribution in [-0.2, 0) is 0 Å². The molecule has 2 aromatic rings. The average molecular weight is 304 g/mol. The molecule has 1 amide bonds. The molecule has 3 nitrogen and oxygen atoms in total. The molecule has 0 unspecified atom stereocenters. The Hall–Kier alpha value is -2.00. The first-order valence-electron chi connectivity index (χ1n) is 6.90. The topological polar surface area (TPSA) is 38.3 Å². The van der Waals surface area contributed by atoms with Crippen molar-refractivity contribution >= 4 is 17.5 Å². The van der Waals surface area contributed by atoms with Crippen molar-refractivity contribution < 1.29 is 9.53 Å². The zero-order chi connectivity index (χ0) is 15.2. The van der Waals surface area contributed by atoms with Crippen LogP contribution in [0.3, 0.4) is 0 Å². The second-order valence-electron chi connectivity index (χ2n) is 4.68. The molecule has 0 spiro atoms. The Morgan fingerprint density at radius 3 is 2.57 bits per heavy atom. The summed E-state index contributed by atoms with van der Waals surface area (Å²) in [7, 11) is 0. The molecule has 2 aromatic carbocycles. The van der Waals surface area contributed by atoms with Crippen molar-refractivity contribution in [2.75, 3.05) is 6.61 Å². The zero-order valence-corrected chi connectivity index (χ0v) is 12.9. The van der Waals surface area contributed by atoms with Crippen LogP contribution in [0, 0.1) is 0 Å². The molecule has 0 aliphatic rings. The van der Waals surface area contributed by atoms with Gasteiger partial charge >= 0.3 is 0 Å². The molecule has 110 valence electrons. The van der Waals surface area contributed by atoms with Gasteiger partial charge in [-0.1, -0.05) is 41.9 Å². The number of ether oxygens (including phenoxy) is 1. The summed E-state index contributed by atoms with van der Waals surface area (Å²) in [5.74, 6) is 0.433. The van der Waals surface area contributed by atoms with Crippen molar-refractivity contribution in [3.8, 4) is 5.75 Å². The number of hydrogen-bond donors (Lipinski definition) is 1. The minimum atomic E-state index is -0.156. The predicted octanol–water partition coefficient (Wildman–Crippen LogP) is 4.23. The Bertz CT molecular complexity index is 613. The van der Waals surface area contributed by atoms with E-state index in [9.17, 15) is 4.79 Å². The average Bonchev–Trinajstić information content (AvgIpc) is 2.50. The molecule has 0 bridgehead atoms. The lowest BCUT2D eigenvalue weighted by atomic mass is 10.1. The van der Waals surface area contributed by atoms with Gasteiger partial charge in [0.05, 0.1) is 17.7 Å². The highest BCUT2D eigenvalue weighted by molar-refractivity contribution is 6.32. The molecule has 21 heavy (non-hydrogen) atoms. The standard InChI is InChI=1S/C17H18ClNO2/c1-3-21-16-10-9-14(11-15(16)18)17(20)19-12(2)13-7-5-4-6-8-13/h4-12H,3H2,1-2H3,(H,19,20)/t12-/m1/s1. The molecular weight excluding hydrogens is 286 g/mol. The number of hydrogen-bond acceptors (Lipinski definition) is 2. The summed E-state index contributed by atoms with van der Waals surface area (Å²) in [6.07, 6.45) is 0. The highest BCUT2D eigenvalue weighted by Gasteiger charge is 2.13. The van der Waals surface area contributed by atoms with Gasteiger partial charge in [0.15, 0.2) is 0 Å². The highest BCUT2D eigenvalue weighted by atomic mass is 35.5. The number of halogens is 1. The second-order valence-corrected chi connectivity index (χ2v) is 5.09. The predicted molar refractivity (Wildman–Crippen MR) is 84.9 cm³/mol. The fourth-order valence-electron chi connectivity index (χ4n) is 2.02. The maximum Gasteiger partial charge on any atom is 0.251 e. The molecule has 4 heteroatoms. The van der Waals surface area contributed by atoms with Gasteiger partial charge in [0.2, 0.25) is 0 Å². The summed E-state index contributed by atoms with van der Waals surface area (Å²) in [5, 5.41) is 3.39. The number of benzene rings is 2. The monoisotopic (exact) mass is 303 g/mol. The van der Waals surface area contributed by atoms with Gasteiger partial charge in [-0.15, -0.1) is 0 Å². The lowest BCUT2D eigenvalue weighted by Crippen LogP contribution is -2.26. The van der Waals surface area contributed by atoms with E-state index >= 15 is 0 Å². The van der Waals surface area contributed by atoms with E-state index in [1.54, 1.807) is 18.2 Å². The van der Waals surface area contributed by atoms with Crippen LogP contribution in [-0.4, -0.2) is 12.5 Å². The molecule has 1 N–H and O–H groups in total. The van der Waals surface area contributed by atoms with E-state index in [1.165, 1.54) is 0 Å². The Kier molecular flexibility index (Phi) is 5.23. The second kappa shape index (κ2) is 7.14. The Morgan fingerprint density at radius 2 is 1.95 bits per heavy atom. The summed E-state index contributed by atoms with van der Waals surface area (Å²) in [5.41, 5.74) is 1.58. The fourth-order valence-corrected chi connectivity index (χ4v) is 2.25. The Morgan fingerprint density at radius 1 is 1.24 bits per heavy atom. The van der Waals surface area contributed by atoms with Crippen molar-refractivity contribution in [1.82, 2.24) is 5.32 Å². The first-order valence-corrected chi connectivity index (χ1v) is 7.27. The van der Waals surface area contributed by atoms with Gasteiger partial charge in [-0.3, -0.25) is 4.79 Å². The molecule has 0 aliphatic carbocycles. The molecule has 0 radical (unpaired) electrons. The first-order chi connectivity index (χ1) is 10.1. The van der Waals surface area contributed by atoms with E-state index in [1.807, 2.05) is 44.2 Å². The van der Waals surface area contributed by atoms with E-state index in [0.717, 1.165) is 5.56 Å². The van der Waals surface area contributed by atoms with Crippen LogP contribution in [0.15, 0.2) is 48.5 Å². The normalized spacial score (nSPS) is 11.8. The number of carbonyl (C=O) groups excluding carboxylic acids is 1. The zero-order valence-electron chi connectivity index (χ0n) is 12.1. The minimum absolute atomic E-state index is 0.0657. The lowest BCUT2D eigenvalue weighted by molar-refractivity contribution is 0.0940. The van der Waals surface area contributed by atoms with Gasteiger partial charge in [0.25, 0.3) is 5.91 Å². The summed E-state index contributed by atoms with van der Waals surface area (Å²) < 4.78 is 5.36. The molecule has 0 saturated heterocycles. The molecule has 0 saturated carbocycles. The smallest absolute Gasteiger partial charge is 0.251 e. The summed E-state index contributed by atoms with van der Waals surface area (Å²) in [6, 6.07) is 14.8. The summed E-state index contributed by atoms with van der Waals surface area (Å²) in [4.78, 5) is 12.2. The largest absolute Gasteiger partial charge is 0.492 e. The number of rotatable bonds is 5. The van der Waals surface area contributed by atoms with Gasteiger partial charge in [-0.25, -0.2) is 0 Å². The number of amides is 1. The Balaban J connectivity index is 2.08. The van der Waals surface area contributed by atoms with Crippen molar-refractivity contribution in [1.29, 1.82) is 0 Å². The van der Waals surface area contributed by atoms with Crippen molar-refractivity contribution in [3.05, 3.63) is 64.7 Å². The molecule has 1 atom stereocenters. The first kappa shape index (κ1) is 15.4. The quantitative estimate of drug-likeness (QED) is 0.897. The Labute approximate surface area is 129 Å². The third-order valence-corrected chi connectivity index (χ3v) is 3.44. The minimum Gasteiger partial charge on any atom is -0.492 e. The van der Waals surface area contributed by atoms with E-state index in [2.05, 4.69) is 5.32 Å². The van der Waals surface area contributed by atoms with E-state index in [-0.39, 0.29) is 11.9 Å². The van der Waals surface area contributed by atoms with Gasteiger partial charge in [0.1, 0.15) is 5.75 Å². The van der Waals surface area contributed by atoms with Crippen LogP contribution in [0.4, 0.5) is 0 Å². The van der Waals surface area contributed by atoms with Crippen LogP contribution in [0.5, 0.6) is 5.75 Å². The van der Waals surface area contributed by atoms with Gasteiger partial charge < -0.3 is 10.1 Å². The molecular formula is C17H18ClNO2. The molecule has 0 heterocycles. The van der Waals surface area contributed by atoms with Crippen molar-refractivity contribution in [2.24, 2.45) is 0 Å². The fraction of sp³-hybridized carbons (Fsp3) is 0.235. The molecule has 0 aromatic heterocycles. The molecule has 2 rings (SSSR count). The maximum absolute atomic E-state index is 12.2. The molecule has 0 aliphatic heterocycles. The van der Waals surface area contributed by atoms with Crippen molar-refractivity contribution in [3.63, 3.8) is 0 Å². The summed E-state index contributed by atoms with van der Waals surface area (Å²) in [6.45, 7) is 4.37. The van der Waals surface area contributed by atoms with E-state index in [0.29, 0.717) is 22.9 Å². The number of carbonyl (C=O) groups is 1. The van der Waals surface area contributed by atoms with Crippen LogP contribution < -0.4 is 10.1 Å². The third kappa shape index (κ3) is 3.99. The van der Waals surface area contributed by atoms with E-state index in [4.69, 9.17) is 16.3 Å². The highest BCUT2D eigenvalue weighted by Crippen LogP contribution is 2.25. The van der Waals surface area contributed by atoms with Crippen LogP contribution in [0.1, 0.15) is 35.8 Å². The lowest BCUT2D eigenvalue weighted by Gasteiger charge is -2.15. The van der Waals surface area contributed by atoms with E-state index < -0.39 is 0 Å². The number of nitrogens with one attached hydrogen (secondary N) is 1. The van der Waals surface area contributed by atoms with Gasteiger partial charge in [-0.05, 0) is 37.6 Å². The third-order valence-electron chi connectivity index (χ3n) is 3.14. The van der Waals surface area contributed by atoms with Gasteiger partial charge in [0, 0.05) is 5.56 Å². The SMILES string of the molecule is CCOc1ccc(C(=O)N[C@H](C)c2ccccc2)cc1Cl. The summed E-state index contributed by atoms with van der Waals surface area (Å²) >= 11 is 6.10. The van der Waals surface area contributed by atoms with Crippen LogP contribution in [0.2, 0.25) is 5.02 Å². The van der Waals surface area contributed by atoms with Crippen molar-refractivity contribution in [2.45, 2.75) is 19.9 Å². The van der Waals surface area contributed by atoms with Crippen LogP contribution in [0.25, 0.3) is 0 Å². The van der Waals surface area contributed by atoms with Crippen LogP contribution >= 0.6 is 11.6 Å².